The molecule has 0 N–H and O–H groups in total. The fourth-order valence-electron chi connectivity index (χ4n) is 8.07. The molecule has 0 aliphatic carbocycles. The number of hydrogen-bond acceptors (Lipinski definition) is 1. The molecule has 240 valence electrons. The van der Waals surface area contributed by atoms with E-state index in [4.69, 9.17) is 7.16 Å². The van der Waals surface area contributed by atoms with E-state index in [1.54, 1.807) is 0 Å². The number of fused-ring (bicyclic) bond motifs is 6. The van der Waals surface area contributed by atoms with Crippen LogP contribution in [0.5, 0.6) is 0 Å². The van der Waals surface area contributed by atoms with Crippen molar-refractivity contribution in [2.75, 3.05) is 0 Å². The van der Waals surface area contributed by atoms with E-state index >= 15 is 0 Å². The maximum absolute atomic E-state index is 9.30. The van der Waals surface area contributed by atoms with Gasteiger partial charge in [0, 0.05) is 32.8 Å². The summed E-state index contributed by atoms with van der Waals surface area (Å²) in [6, 6.07) is 60.6. The van der Waals surface area contributed by atoms with Crippen LogP contribution in [0, 0.1) is 0 Å². The van der Waals surface area contributed by atoms with Gasteiger partial charge in [-0.1, -0.05) is 164 Å². The first-order valence-electron chi connectivity index (χ1n) is 19.2. The second kappa shape index (κ2) is 11.9. The Bertz CT molecular complexity index is 2990. The largest absolute Gasteiger partial charge is 0.455 e. The fourth-order valence-corrected chi connectivity index (χ4v) is 12.9. The Hall–Kier alpha value is -6.42. The topological polar surface area (TPSA) is 18.1 Å². The standard InChI is InChI=1S/C48H33NOSi/c1-4-17-36(18-5-1)51(37-19-6-2-7-20-37,38-21-8-3-9-22-38)39-23-14-16-35(33-39)49-45-28-12-10-24-41(45)44-32-34(30-31-46(44)49)40-26-15-27-43-42-25-11-13-29-47(42)50-48(40)43/h1-33H/i10D,12D,24D,28D. The molecule has 0 bridgehead atoms. The highest BCUT2D eigenvalue weighted by Gasteiger charge is 2.41. The van der Waals surface area contributed by atoms with Gasteiger partial charge in [0.25, 0.3) is 0 Å². The molecule has 2 aromatic heterocycles. The molecule has 0 saturated carbocycles. The lowest BCUT2D eigenvalue weighted by Crippen LogP contribution is -2.74. The van der Waals surface area contributed by atoms with Crippen LogP contribution in [0.4, 0.5) is 0 Å². The van der Waals surface area contributed by atoms with Gasteiger partial charge in [0.1, 0.15) is 11.2 Å². The van der Waals surface area contributed by atoms with E-state index < -0.39 is 8.07 Å². The van der Waals surface area contributed by atoms with Crippen molar-refractivity contribution in [1.29, 1.82) is 0 Å². The smallest absolute Gasteiger partial charge is 0.179 e. The van der Waals surface area contributed by atoms with Gasteiger partial charge in [-0.2, -0.15) is 0 Å². The van der Waals surface area contributed by atoms with Gasteiger partial charge in [-0.25, -0.2) is 0 Å². The SMILES string of the molecule is [2H]c1c([2H])c([2H])c2c(c1[2H])c1cc(-c3cccc4c3oc3ccccc34)ccc1n2-c1cccc([Si](c2ccccc2)(c2ccccc2)c2ccccc2)c1. The summed E-state index contributed by atoms with van der Waals surface area (Å²) in [5, 5.41) is 8.22. The fraction of sp³-hybridized carbons (Fsp3) is 0. The Balaban J connectivity index is 1.27. The van der Waals surface area contributed by atoms with Gasteiger partial charge in [-0.15, -0.1) is 0 Å². The Morgan fingerprint density at radius 2 is 1.06 bits per heavy atom. The molecule has 0 fully saturated rings. The van der Waals surface area contributed by atoms with Crippen LogP contribution >= 0.6 is 0 Å². The molecule has 0 radical (unpaired) electrons. The molecule has 51 heavy (non-hydrogen) atoms. The van der Waals surface area contributed by atoms with Crippen LogP contribution < -0.4 is 20.7 Å². The average molecular weight is 672 g/mol. The molecule has 0 aliphatic rings. The first kappa shape index (κ1) is 25.5. The zero-order valence-electron chi connectivity index (χ0n) is 31.6. The first-order valence-corrected chi connectivity index (χ1v) is 19.2. The molecule has 0 unspecified atom stereocenters. The van der Waals surface area contributed by atoms with E-state index in [1.165, 1.54) is 15.6 Å². The third kappa shape index (κ3) is 4.56. The predicted octanol–water partition coefficient (Wildman–Crippen LogP) is 9.73. The highest BCUT2D eigenvalue weighted by atomic mass is 28.3. The lowest BCUT2D eigenvalue weighted by molar-refractivity contribution is 0.670. The van der Waals surface area contributed by atoms with E-state index in [0.29, 0.717) is 10.9 Å². The summed E-state index contributed by atoms with van der Waals surface area (Å²) < 4.78 is 44.5. The van der Waals surface area contributed by atoms with Crippen LogP contribution in [0.15, 0.2) is 205 Å². The summed E-state index contributed by atoms with van der Waals surface area (Å²) in [5.41, 5.74) is 5.50. The van der Waals surface area contributed by atoms with Gasteiger partial charge < -0.3 is 8.98 Å². The number of furan rings is 1. The van der Waals surface area contributed by atoms with Crippen molar-refractivity contribution in [2.24, 2.45) is 0 Å². The number of para-hydroxylation sites is 3. The molecule has 0 saturated heterocycles. The molecular formula is C48H33NOSi. The van der Waals surface area contributed by atoms with Gasteiger partial charge >= 0.3 is 0 Å². The van der Waals surface area contributed by atoms with Crippen LogP contribution in [0.1, 0.15) is 5.48 Å². The molecule has 2 nitrogen and oxygen atoms in total. The third-order valence-corrected chi connectivity index (χ3v) is 15.0. The van der Waals surface area contributed by atoms with Crippen molar-refractivity contribution >= 4 is 72.6 Å². The maximum atomic E-state index is 9.30. The molecule has 2 heterocycles. The lowest BCUT2D eigenvalue weighted by Gasteiger charge is -2.34. The number of rotatable bonds is 6. The number of aromatic nitrogens is 1. The van der Waals surface area contributed by atoms with Crippen molar-refractivity contribution in [3.05, 3.63) is 200 Å². The van der Waals surface area contributed by atoms with Crippen molar-refractivity contribution in [1.82, 2.24) is 4.57 Å². The molecular weight excluding hydrogens is 635 g/mol. The maximum Gasteiger partial charge on any atom is 0.179 e. The summed E-state index contributed by atoms with van der Waals surface area (Å²) in [6.07, 6.45) is 0. The Morgan fingerprint density at radius 1 is 0.451 bits per heavy atom. The van der Waals surface area contributed by atoms with Crippen molar-refractivity contribution < 1.29 is 9.90 Å². The van der Waals surface area contributed by atoms with E-state index in [9.17, 15) is 2.74 Å². The molecule has 0 aliphatic heterocycles. The molecule has 0 atom stereocenters. The van der Waals surface area contributed by atoms with E-state index in [-0.39, 0.29) is 24.2 Å². The van der Waals surface area contributed by atoms with Gasteiger partial charge in [0.05, 0.1) is 16.5 Å². The van der Waals surface area contributed by atoms with Crippen LogP contribution in [0.2, 0.25) is 0 Å². The number of benzene rings is 8. The molecule has 10 aromatic rings. The number of nitrogens with zero attached hydrogens (tertiary/aromatic N) is 1. The zero-order chi connectivity index (χ0) is 37.3. The van der Waals surface area contributed by atoms with Gasteiger partial charge in [-0.05, 0) is 62.7 Å². The van der Waals surface area contributed by atoms with E-state index in [1.807, 2.05) is 47.0 Å². The van der Waals surface area contributed by atoms with Gasteiger partial charge in [0.2, 0.25) is 0 Å². The summed E-state index contributed by atoms with van der Waals surface area (Å²) in [4.78, 5) is 0. The van der Waals surface area contributed by atoms with Crippen LogP contribution in [0.3, 0.4) is 0 Å². The predicted molar refractivity (Wildman–Crippen MR) is 217 cm³/mol. The Morgan fingerprint density at radius 3 is 1.78 bits per heavy atom. The summed E-state index contributed by atoms with van der Waals surface area (Å²) in [7, 11) is -2.89. The molecule has 10 rings (SSSR count). The molecule has 8 aromatic carbocycles. The summed E-state index contributed by atoms with van der Waals surface area (Å²) in [5.74, 6) is 0. The Labute approximate surface area is 303 Å². The van der Waals surface area contributed by atoms with Crippen LogP contribution in [-0.4, -0.2) is 12.6 Å². The number of hydrogen-bond donors (Lipinski definition) is 0. The minimum Gasteiger partial charge on any atom is -0.455 e. The van der Waals surface area contributed by atoms with Crippen LogP contribution in [0.25, 0.3) is 60.6 Å². The van der Waals surface area contributed by atoms with Gasteiger partial charge in [0.15, 0.2) is 8.07 Å². The highest BCUT2D eigenvalue weighted by Crippen LogP contribution is 2.39. The minimum absolute atomic E-state index is 0.0587. The molecule has 0 spiro atoms. The Kier molecular flexibility index (Phi) is 5.94. The highest BCUT2D eigenvalue weighted by molar-refractivity contribution is 7.19. The van der Waals surface area contributed by atoms with Crippen molar-refractivity contribution in [3.63, 3.8) is 0 Å². The lowest BCUT2D eigenvalue weighted by atomic mass is 10.0. The van der Waals surface area contributed by atoms with E-state index in [2.05, 4.69) is 133 Å². The minimum atomic E-state index is -2.89. The zero-order valence-corrected chi connectivity index (χ0v) is 28.6. The van der Waals surface area contributed by atoms with Crippen LogP contribution in [-0.2, 0) is 0 Å². The molecule has 3 heteroatoms. The quantitative estimate of drug-likeness (QED) is 0.127. The normalized spacial score (nSPS) is 13.0. The van der Waals surface area contributed by atoms with Crippen molar-refractivity contribution in [3.8, 4) is 16.8 Å². The van der Waals surface area contributed by atoms with Gasteiger partial charge in [-0.3, -0.25) is 0 Å². The third-order valence-electron chi connectivity index (χ3n) is 10.3. The monoisotopic (exact) mass is 671 g/mol. The van der Waals surface area contributed by atoms with Crippen molar-refractivity contribution in [2.45, 2.75) is 0 Å². The second-order valence-corrected chi connectivity index (χ2v) is 16.8. The first-order chi connectivity index (χ1) is 27.0. The molecule has 0 amide bonds. The average Bonchev–Trinajstić information content (AvgIpc) is 3.80. The second-order valence-electron chi connectivity index (χ2n) is 13.0. The summed E-state index contributed by atoms with van der Waals surface area (Å²) in [6.45, 7) is 0. The summed E-state index contributed by atoms with van der Waals surface area (Å²) >= 11 is 0. The van der Waals surface area contributed by atoms with E-state index in [0.717, 1.165) is 54.8 Å².